The molecule has 7 nitrogen and oxygen atoms in total. The van der Waals surface area contributed by atoms with Gasteiger partial charge >= 0.3 is 12.1 Å². The predicted molar refractivity (Wildman–Crippen MR) is 111 cm³/mol. The third-order valence-electron chi connectivity index (χ3n) is 4.10. The molecule has 32 heavy (non-hydrogen) atoms. The fourth-order valence-electron chi connectivity index (χ4n) is 2.41. The van der Waals surface area contributed by atoms with Crippen molar-refractivity contribution in [2.45, 2.75) is 19.1 Å². The smallest absolute Gasteiger partial charge is 0.416 e. The van der Waals surface area contributed by atoms with E-state index in [2.05, 4.69) is 10.6 Å². The minimum absolute atomic E-state index is 0.115. The number of carbonyl (C=O) groups is 3. The highest BCUT2D eigenvalue weighted by Gasteiger charge is 2.30. The van der Waals surface area contributed by atoms with Gasteiger partial charge in [-0.15, -0.1) is 0 Å². The first-order chi connectivity index (χ1) is 15.1. The van der Waals surface area contributed by atoms with Crippen molar-refractivity contribution in [3.8, 4) is 5.75 Å². The van der Waals surface area contributed by atoms with Gasteiger partial charge < -0.3 is 20.1 Å². The molecule has 0 heterocycles. The average Bonchev–Trinajstić information content (AvgIpc) is 2.76. The summed E-state index contributed by atoms with van der Waals surface area (Å²) in [6.07, 6.45) is -1.70. The minimum atomic E-state index is -4.48. The van der Waals surface area contributed by atoms with Crippen molar-refractivity contribution in [2.24, 2.45) is 0 Å². The van der Waals surface area contributed by atoms with Crippen molar-refractivity contribution in [3.63, 3.8) is 0 Å². The monoisotopic (exact) mass is 450 g/mol. The summed E-state index contributed by atoms with van der Waals surface area (Å²) in [6, 6.07) is 9.73. The first-order valence-corrected chi connectivity index (χ1v) is 9.35. The molecule has 0 bridgehead atoms. The number of carbonyl (C=O) groups excluding carboxylic acids is 3. The third kappa shape index (κ3) is 7.78. The van der Waals surface area contributed by atoms with E-state index >= 15 is 0 Å². The molecule has 1 atom stereocenters. The molecule has 0 saturated heterocycles. The van der Waals surface area contributed by atoms with Crippen LogP contribution in [0.4, 0.5) is 18.9 Å². The van der Waals surface area contributed by atoms with Gasteiger partial charge in [0.15, 0.2) is 6.61 Å². The fourth-order valence-corrected chi connectivity index (χ4v) is 2.41. The first kappa shape index (κ1) is 24.4. The Morgan fingerprint density at radius 2 is 1.66 bits per heavy atom. The average molecular weight is 450 g/mol. The number of rotatable bonds is 8. The Labute approximate surface area is 182 Å². The van der Waals surface area contributed by atoms with Crippen molar-refractivity contribution in [3.05, 3.63) is 65.7 Å². The van der Waals surface area contributed by atoms with E-state index < -0.39 is 42.2 Å². The zero-order valence-corrected chi connectivity index (χ0v) is 17.2. The van der Waals surface area contributed by atoms with Crippen LogP contribution in [0.2, 0.25) is 0 Å². The van der Waals surface area contributed by atoms with Crippen molar-refractivity contribution in [1.29, 1.82) is 0 Å². The van der Waals surface area contributed by atoms with Gasteiger partial charge in [-0.1, -0.05) is 12.1 Å². The second-order valence-electron chi connectivity index (χ2n) is 6.57. The van der Waals surface area contributed by atoms with Gasteiger partial charge in [0.1, 0.15) is 11.8 Å². The molecule has 0 aliphatic heterocycles. The summed E-state index contributed by atoms with van der Waals surface area (Å²) in [5, 5.41) is 4.71. The van der Waals surface area contributed by atoms with Crippen LogP contribution < -0.4 is 15.4 Å². The lowest BCUT2D eigenvalue weighted by Gasteiger charge is -2.12. The Morgan fingerprint density at radius 1 is 1.03 bits per heavy atom. The molecule has 0 saturated carbocycles. The van der Waals surface area contributed by atoms with Crippen LogP contribution >= 0.6 is 0 Å². The van der Waals surface area contributed by atoms with Gasteiger partial charge in [-0.25, -0.2) is 4.79 Å². The van der Waals surface area contributed by atoms with Crippen LogP contribution in [-0.4, -0.2) is 37.5 Å². The molecule has 0 spiro atoms. The lowest BCUT2D eigenvalue weighted by molar-refractivity contribution is -0.149. The zero-order chi connectivity index (χ0) is 23.7. The van der Waals surface area contributed by atoms with E-state index in [9.17, 15) is 27.6 Å². The molecule has 170 valence electrons. The number of amides is 2. The molecule has 0 aliphatic carbocycles. The van der Waals surface area contributed by atoms with Gasteiger partial charge in [-0.2, -0.15) is 13.2 Å². The maximum Gasteiger partial charge on any atom is 0.416 e. The van der Waals surface area contributed by atoms with Crippen LogP contribution in [-0.2, 0) is 25.3 Å². The van der Waals surface area contributed by atoms with E-state index in [4.69, 9.17) is 9.47 Å². The summed E-state index contributed by atoms with van der Waals surface area (Å²) in [7, 11) is 1.54. The molecular formula is C22H21F3N2O5. The standard InChI is InChI=1S/C22H21F3N2O5/c1-14(26-19(28)12-5-15-3-10-18(31-2)11-4-15)21(30)32-13-20(29)27-17-8-6-16(7-9-17)22(23,24)25/h3-12,14H,13H2,1-2H3,(H,26,28)(H,27,29)/t14-/m0/s1. The Morgan fingerprint density at radius 3 is 2.22 bits per heavy atom. The van der Waals surface area contributed by atoms with E-state index in [0.29, 0.717) is 5.75 Å². The van der Waals surface area contributed by atoms with Crippen LogP contribution in [0.15, 0.2) is 54.6 Å². The largest absolute Gasteiger partial charge is 0.497 e. The lowest BCUT2D eigenvalue weighted by Crippen LogP contribution is -2.39. The summed E-state index contributed by atoms with van der Waals surface area (Å²) < 4.78 is 47.5. The number of benzene rings is 2. The van der Waals surface area contributed by atoms with Crippen molar-refractivity contribution < 1.29 is 37.0 Å². The highest BCUT2D eigenvalue weighted by Crippen LogP contribution is 2.29. The van der Waals surface area contributed by atoms with E-state index in [1.165, 1.54) is 20.1 Å². The van der Waals surface area contributed by atoms with Crippen LogP contribution in [0.3, 0.4) is 0 Å². The molecule has 0 fully saturated rings. The molecule has 2 aromatic rings. The maximum absolute atomic E-state index is 12.5. The first-order valence-electron chi connectivity index (χ1n) is 9.35. The third-order valence-corrected chi connectivity index (χ3v) is 4.10. The fraction of sp³-hybridized carbons (Fsp3) is 0.227. The van der Waals surface area contributed by atoms with Gasteiger partial charge in [0.25, 0.3) is 5.91 Å². The molecule has 2 rings (SSSR count). The SMILES string of the molecule is COc1ccc(C=CC(=O)N[C@@H](C)C(=O)OCC(=O)Nc2ccc(C(F)(F)F)cc2)cc1. The summed E-state index contributed by atoms with van der Waals surface area (Å²) in [4.78, 5) is 35.7. The summed E-state index contributed by atoms with van der Waals surface area (Å²) in [5.41, 5.74) is 0.00715. The van der Waals surface area contributed by atoms with E-state index in [0.717, 1.165) is 29.8 Å². The van der Waals surface area contributed by atoms with Crippen molar-refractivity contribution >= 4 is 29.5 Å². The molecule has 2 N–H and O–H groups in total. The number of nitrogens with one attached hydrogen (secondary N) is 2. The number of anilines is 1. The van der Waals surface area contributed by atoms with Crippen LogP contribution in [0.25, 0.3) is 6.08 Å². The van der Waals surface area contributed by atoms with E-state index in [1.54, 1.807) is 30.3 Å². The highest BCUT2D eigenvalue weighted by atomic mass is 19.4. The minimum Gasteiger partial charge on any atom is -0.497 e. The van der Waals surface area contributed by atoms with Crippen LogP contribution in [0.5, 0.6) is 5.75 Å². The number of halogens is 3. The van der Waals surface area contributed by atoms with Gasteiger partial charge in [-0.05, 0) is 55.0 Å². The number of alkyl halides is 3. The summed E-state index contributed by atoms with van der Waals surface area (Å²) >= 11 is 0. The van der Waals surface area contributed by atoms with E-state index in [1.807, 2.05) is 0 Å². The molecular weight excluding hydrogens is 429 g/mol. The van der Waals surface area contributed by atoms with Gasteiger partial charge in [0.05, 0.1) is 12.7 Å². The number of hydrogen-bond acceptors (Lipinski definition) is 5. The Balaban J connectivity index is 1.77. The van der Waals surface area contributed by atoms with Gasteiger partial charge in [0.2, 0.25) is 5.91 Å². The van der Waals surface area contributed by atoms with Crippen molar-refractivity contribution in [2.75, 3.05) is 19.0 Å². The van der Waals surface area contributed by atoms with Crippen LogP contribution in [0, 0.1) is 0 Å². The second-order valence-corrected chi connectivity index (χ2v) is 6.57. The number of hydrogen-bond donors (Lipinski definition) is 2. The molecule has 10 heteroatoms. The lowest BCUT2D eigenvalue weighted by atomic mass is 10.2. The van der Waals surface area contributed by atoms with Crippen LogP contribution in [0.1, 0.15) is 18.1 Å². The maximum atomic E-state index is 12.5. The molecule has 0 radical (unpaired) electrons. The summed E-state index contributed by atoms with van der Waals surface area (Å²) in [5.74, 6) is -1.46. The number of ether oxygens (including phenoxy) is 2. The Kier molecular flexibility index (Phi) is 8.39. The second kappa shape index (κ2) is 11.0. The van der Waals surface area contributed by atoms with Crippen molar-refractivity contribution in [1.82, 2.24) is 5.32 Å². The molecule has 0 aliphatic rings. The normalized spacial score (nSPS) is 12.2. The van der Waals surface area contributed by atoms with E-state index in [-0.39, 0.29) is 5.69 Å². The predicted octanol–water partition coefficient (Wildman–Crippen LogP) is 3.41. The molecule has 0 unspecified atom stereocenters. The zero-order valence-electron chi connectivity index (χ0n) is 17.2. The number of esters is 1. The topological polar surface area (TPSA) is 93.7 Å². The Hall–Kier alpha value is -3.82. The molecule has 0 aromatic heterocycles. The van der Waals surface area contributed by atoms with Gasteiger partial charge in [-0.3, -0.25) is 9.59 Å². The molecule has 2 amide bonds. The Bertz CT molecular complexity index is 971. The molecule has 2 aromatic carbocycles. The highest BCUT2D eigenvalue weighted by molar-refractivity contribution is 5.96. The summed E-state index contributed by atoms with van der Waals surface area (Å²) in [6.45, 7) is 0.719. The number of methoxy groups -OCH3 is 1. The quantitative estimate of drug-likeness (QED) is 0.475. The van der Waals surface area contributed by atoms with Gasteiger partial charge in [0, 0.05) is 11.8 Å².